The van der Waals surface area contributed by atoms with E-state index in [-0.39, 0.29) is 6.04 Å². The van der Waals surface area contributed by atoms with Crippen LogP contribution in [0.15, 0.2) is 54.4 Å². The standard InChI is InChI=1S/C21H20N4O2/c1-26-17-10-8-14(11-18(17)27-2)20-16-9-7-13-5-3-4-6-15(13)19(16)24-21-22-12-23-25(20)21/h3-6,8,10-12,20H,7,9H2,1-2H3,(H,22,23,24). The zero-order valence-corrected chi connectivity index (χ0v) is 15.3. The predicted molar refractivity (Wildman–Crippen MR) is 103 cm³/mol. The summed E-state index contributed by atoms with van der Waals surface area (Å²) in [7, 11) is 3.31. The Morgan fingerprint density at radius 2 is 1.89 bits per heavy atom. The number of benzene rings is 2. The van der Waals surface area contributed by atoms with Crippen molar-refractivity contribution in [3.05, 3.63) is 71.1 Å². The summed E-state index contributed by atoms with van der Waals surface area (Å²) in [6.45, 7) is 0. The maximum Gasteiger partial charge on any atom is 0.226 e. The van der Waals surface area contributed by atoms with Gasteiger partial charge in [0.25, 0.3) is 0 Å². The summed E-state index contributed by atoms with van der Waals surface area (Å²) in [5.74, 6) is 2.19. The summed E-state index contributed by atoms with van der Waals surface area (Å²) < 4.78 is 12.9. The lowest BCUT2D eigenvalue weighted by Crippen LogP contribution is -2.27. The van der Waals surface area contributed by atoms with Crippen LogP contribution in [0, 0.1) is 0 Å². The van der Waals surface area contributed by atoms with Crippen LogP contribution in [0.1, 0.15) is 29.2 Å². The Morgan fingerprint density at radius 1 is 1.04 bits per heavy atom. The topological polar surface area (TPSA) is 61.2 Å². The maximum absolute atomic E-state index is 5.53. The second-order valence-electron chi connectivity index (χ2n) is 6.73. The van der Waals surface area contributed by atoms with Crippen LogP contribution >= 0.6 is 0 Å². The zero-order chi connectivity index (χ0) is 18.4. The van der Waals surface area contributed by atoms with E-state index in [1.807, 2.05) is 16.8 Å². The van der Waals surface area contributed by atoms with Crippen LogP contribution in [0.4, 0.5) is 5.95 Å². The van der Waals surface area contributed by atoms with Gasteiger partial charge >= 0.3 is 0 Å². The average Bonchev–Trinajstić information content (AvgIpc) is 3.19. The van der Waals surface area contributed by atoms with E-state index < -0.39 is 0 Å². The summed E-state index contributed by atoms with van der Waals surface area (Å²) in [6.07, 6.45) is 3.59. The molecule has 0 saturated heterocycles. The van der Waals surface area contributed by atoms with Crippen molar-refractivity contribution >= 4 is 11.6 Å². The molecule has 0 bridgehead atoms. The molecule has 2 aromatic carbocycles. The van der Waals surface area contributed by atoms with E-state index in [2.05, 4.69) is 45.7 Å². The van der Waals surface area contributed by atoms with Gasteiger partial charge in [-0.2, -0.15) is 10.1 Å². The SMILES string of the molecule is COc1ccc(C2C3=C(Nc4ncnn42)c2ccccc2CC3)cc1OC. The van der Waals surface area contributed by atoms with Gasteiger partial charge in [-0.1, -0.05) is 30.3 Å². The summed E-state index contributed by atoms with van der Waals surface area (Å²) >= 11 is 0. The Morgan fingerprint density at radius 3 is 2.74 bits per heavy atom. The third kappa shape index (κ3) is 2.40. The molecule has 136 valence electrons. The first-order chi connectivity index (χ1) is 13.3. The highest BCUT2D eigenvalue weighted by atomic mass is 16.5. The van der Waals surface area contributed by atoms with Crippen LogP contribution < -0.4 is 14.8 Å². The molecule has 1 aliphatic carbocycles. The first kappa shape index (κ1) is 15.9. The molecule has 0 amide bonds. The number of rotatable bonds is 3. The van der Waals surface area contributed by atoms with E-state index in [9.17, 15) is 0 Å². The van der Waals surface area contributed by atoms with Gasteiger partial charge in [0.05, 0.1) is 19.9 Å². The fraction of sp³-hybridized carbons (Fsp3) is 0.238. The molecule has 27 heavy (non-hydrogen) atoms. The highest BCUT2D eigenvalue weighted by Gasteiger charge is 2.34. The van der Waals surface area contributed by atoms with Crippen LogP contribution in [-0.4, -0.2) is 29.0 Å². The molecule has 1 unspecified atom stereocenters. The van der Waals surface area contributed by atoms with Gasteiger partial charge in [-0.05, 0) is 41.7 Å². The molecule has 1 aliphatic heterocycles. The van der Waals surface area contributed by atoms with Crippen molar-refractivity contribution in [2.75, 3.05) is 19.5 Å². The number of hydrogen-bond acceptors (Lipinski definition) is 5. The highest BCUT2D eigenvalue weighted by molar-refractivity contribution is 5.83. The second kappa shape index (κ2) is 6.16. The predicted octanol–water partition coefficient (Wildman–Crippen LogP) is 3.67. The first-order valence-corrected chi connectivity index (χ1v) is 9.00. The molecule has 0 spiro atoms. The van der Waals surface area contributed by atoms with E-state index in [1.165, 1.54) is 16.7 Å². The fourth-order valence-corrected chi connectivity index (χ4v) is 4.12. The number of anilines is 1. The third-order valence-electron chi connectivity index (χ3n) is 5.38. The first-order valence-electron chi connectivity index (χ1n) is 9.00. The Hall–Kier alpha value is -3.28. The number of nitrogens with one attached hydrogen (secondary N) is 1. The van der Waals surface area contributed by atoms with E-state index in [1.54, 1.807) is 20.5 Å². The lowest BCUT2D eigenvalue weighted by molar-refractivity contribution is 0.354. The number of methoxy groups -OCH3 is 2. The lowest BCUT2D eigenvalue weighted by Gasteiger charge is -2.34. The molecule has 1 N–H and O–H groups in total. The fourth-order valence-electron chi connectivity index (χ4n) is 4.12. The van der Waals surface area contributed by atoms with Crippen molar-refractivity contribution in [2.45, 2.75) is 18.9 Å². The van der Waals surface area contributed by atoms with Crippen LogP contribution in [0.3, 0.4) is 0 Å². The molecular weight excluding hydrogens is 340 g/mol. The largest absolute Gasteiger partial charge is 0.493 e. The van der Waals surface area contributed by atoms with Crippen molar-refractivity contribution in [3.63, 3.8) is 0 Å². The summed E-state index contributed by atoms with van der Waals surface area (Å²) in [5, 5.41) is 8.00. The van der Waals surface area contributed by atoms with Crippen LogP contribution in [0.2, 0.25) is 0 Å². The highest BCUT2D eigenvalue weighted by Crippen LogP contribution is 2.44. The Balaban J connectivity index is 1.70. The molecule has 1 aromatic heterocycles. The third-order valence-corrected chi connectivity index (χ3v) is 5.38. The van der Waals surface area contributed by atoms with Crippen LogP contribution in [0.5, 0.6) is 11.5 Å². The van der Waals surface area contributed by atoms with Gasteiger partial charge in [0.1, 0.15) is 12.4 Å². The minimum Gasteiger partial charge on any atom is -0.493 e. The smallest absolute Gasteiger partial charge is 0.226 e. The van der Waals surface area contributed by atoms with Crippen molar-refractivity contribution in [1.29, 1.82) is 0 Å². The minimum atomic E-state index is -0.0214. The van der Waals surface area contributed by atoms with Gasteiger partial charge < -0.3 is 14.8 Å². The molecule has 6 heteroatoms. The molecule has 3 aromatic rings. The molecule has 2 aliphatic rings. The van der Waals surface area contributed by atoms with Gasteiger partial charge in [0.15, 0.2) is 11.5 Å². The number of nitrogens with zero attached hydrogens (tertiary/aromatic N) is 3. The van der Waals surface area contributed by atoms with Crippen molar-refractivity contribution in [3.8, 4) is 11.5 Å². The molecular formula is C21H20N4O2. The van der Waals surface area contributed by atoms with Gasteiger partial charge in [-0.3, -0.25) is 0 Å². The van der Waals surface area contributed by atoms with E-state index in [0.717, 1.165) is 35.8 Å². The number of aryl methyl sites for hydroxylation is 1. The zero-order valence-electron chi connectivity index (χ0n) is 15.3. The molecule has 0 fully saturated rings. The summed E-state index contributed by atoms with van der Waals surface area (Å²) in [4.78, 5) is 4.42. The van der Waals surface area contributed by atoms with Crippen LogP contribution in [-0.2, 0) is 6.42 Å². The van der Waals surface area contributed by atoms with Crippen LogP contribution in [0.25, 0.3) is 5.70 Å². The van der Waals surface area contributed by atoms with Gasteiger partial charge in [0, 0.05) is 5.56 Å². The molecule has 6 nitrogen and oxygen atoms in total. The molecule has 2 heterocycles. The molecule has 0 radical (unpaired) electrons. The monoisotopic (exact) mass is 360 g/mol. The number of hydrogen-bond donors (Lipinski definition) is 1. The summed E-state index contributed by atoms with van der Waals surface area (Å²) in [6, 6.07) is 14.6. The van der Waals surface area contributed by atoms with E-state index >= 15 is 0 Å². The Labute approximate surface area is 157 Å². The van der Waals surface area contributed by atoms with E-state index in [4.69, 9.17) is 9.47 Å². The van der Waals surface area contributed by atoms with Crippen molar-refractivity contribution in [2.24, 2.45) is 0 Å². The number of ether oxygens (including phenoxy) is 2. The van der Waals surface area contributed by atoms with Gasteiger partial charge in [-0.15, -0.1) is 0 Å². The summed E-state index contributed by atoms with van der Waals surface area (Å²) in [5.41, 5.74) is 6.19. The lowest BCUT2D eigenvalue weighted by atomic mass is 9.83. The van der Waals surface area contributed by atoms with E-state index in [0.29, 0.717) is 5.75 Å². The van der Waals surface area contributed by atoms with Gasteiger partial charge in [0.2, 0.25) is 5.95 Å². The second-order valence-corrected chi connectivity index (χ2v) is 6.73. The number of fused-ring (bicyclic) bond motifs is 3. The Bertz CT molecular complexity index is 1050. The Kier molecular flexibility index (Phi) is 3.63. The van der Waals surface area contributed by atoms with Gasteiger partial charge in [-0.25, -0.2) is 4.68 Å². The van der Waals surface area contributed by atoms with Crippen molar-refractivity contribution in [1.82, 2.24) is 14.8 Å². The molecule has 1 atom stereocenters. The quantitative estimate of drug-likeness (QED) is 0.772. The normalized spacial score (nSPS) is 17.5. The average molecular weight is 360 g/mol. The number of aromatic nitrogens is 3. The maximum atomic E-state index is 5.53. The minimum absolute atomic E-state index is 0.0214. The number of allylic oxidation sites excluding steroid dienone is 1. The molecule has 0 saturated carbocycles. The molecule has 5 rings (SSSR count). The van der Waals surface area contributed by atoms with Crippen molar-refractivity contribution < 1.29 is 9.47 Å².